The number of benzene rings is 2. The van der Waals surface area contributed by atoms with E-state index in [0.717, 1.165) is 16.8 Å². The first-order valence-corrected chi connectivity index (χ1v) is 9.55. The van der Waals surface area contributed by atoms with Crippen molar-refractivity contribution in [2.24, 2.45) is 0 Å². The monoisotopic (exact) mass is 407 g/mol. The molecule has 0 aliphatic carbocycles. The van der Waals surface area contributed by atoms with E-state index in [1.54, 1.807) is 11.0 Å². The molecule has 0 bridgehead atoms. The van der Waals surface area contributed by atoms with Crippen LogP contribution in [0, 0.1) is 5.21 Å². The molecular weight excluding hydrogens is 390 g/mol. The molecule has 1 N–H and O–H groups in total. The zero-order valence-electron chi connectivity index (χ0n) is 15.5. The van der Waals surface area contributed by atoms with E-state index in [0.29, 0.717) is 40.4 Å². The van der Waals surface area contributed by atoms with Crippen molar-refractivity contribution < 1.29 is 14.3 Å². The van der Waals surface area contributed by atoms with Crippen LogP contribution in [0.15, 0.2) is 67.0 Å². The molecule has 0 unspecified atom stereocenters. The average Bonchev–Trinajstić information content (AvgIpc) is 2.72. The van der Waals surface area contributed by atoms with Crippen LogP contribution in [0.5, 0.6) is 0 Å². The summed E-state index contributed by atoms with van der Waals surface area (Å²) in [4.78, 5) is 26.6. The molecule has 2 heterocycles. The summed E-state index contributed by atoms with van der Waals surface area (Å²) in [5.74, 6) is -0.227. The molecule has 1 aliphatic heterocycles. The number of carbonyl (C=O) groups excluding carboxylic acids is 2. The van der Waals surface area contributed by atoms with Gasteiger partial charge in [0, 0.05) is 35.0 Å². The van der Waals surface area contributed by atoms with E-state index >= 15 is 0 Å². The zero-order valence-corrected chi connectivity index (χ0v) is 16.2. The Morgan fingerprint density at radius 1 is 1.07 bits per heavy atom. The maximum Gasteiger partial charge on any atom is 0.256 e. The summed E-state index contributed by atoms with van der Waals surface area (Å²) in [6, 6.07) is 15.9. The van der Waals surface area contributed by atoms with Crippen LogP contribution in [0.25, 0.3) is 0 Å². The molecular formula is C22H18ClN3O3. The highest BCUT2D eigenvalue weighted by Crippen LogP contribution is 2.31. The molecule has 29 heavy (non-hydrogen) atoms. The molecule has 6 nitrogen and oxygen atoms in total. The number of fused-ring (bicyclic) bond motifs is 1. The van der Waals surface area contributed by atoms with E-state index in [2.05, 4.69) is 5.32 Å². The SMILES string of the molecule is O=C(Nc1ccc2c(c1)CCC(=O)N2Cc1ccc(Cl)cc1)c1cc[n+]([O-])cc1. The number of nitrogens with zero attached hydrogens (tertiary/aromatic N) is 2. The predicted molar refractivity (Wildman–Crippen MR) is 111 cm³/mol. The fourth-order valence-corrected chi connectivity index (χ4v) is 3.48. The Labute approximate surface area is 172 Å². The van der Waals surface area contributed by atoms with Gasteiger partial charge in [-0.15, -0.1) is 0 Å². The number of amides is 2. The lowest BCUT2D eigenvalue weighted by Crippen LogP contribution is -2.34. The van der Waals surface area contributed by atoms with Crippen molar-refractivity contribution in [3.05, 3.63) is 93.9 Å². The maximum absolute atomic E-state index is 12.5. The minimum Gasteiger partial charge on any atom is -0.619 e. The fraction of sp³-hybridized carbons (Fsp3) is 0.136. The Balaban J connectivity index is 1.54. The third kappa shape index (κ3) is 4.22. The molecule has 0 saturated heterocycles. The van der Waals surface area contributed by atoms with Crippen LogP contribution in [0.3, 0.4) is 0 Å². The van der Waals surface area contributed by atoms with Gasteiger partial charge in [-0.1, -0.05) is 23.7 Å². The van der Waals surface area contributed by atoms with Crippen LogP contribution < -0.4 is 14.9 Å². The third-order valence-corrected chi connectivity index (χ3v) is 5.11. The van der Waals surface area contributed by atoms with E-state index in [4.69, 9.17) is 11.6 Å². The Kier molecular flexibility index (Phi) is 5.18. The van der Waals surface area contributed by atoms with E-state index in [-0.39, 0.29) is 11.8 Å². The highest BCUT2D eigenvalue weighted by Gasteiger charge is 2.24. The standard InChI is InChI=1S/C22H18ClN3O3/c23-18-4-1-15(2-5-18)14-26-20-7-6-19(13-17(20)3-8-21(26)27)24-22(28)16-9-11-25(29)12-10-16/h1-2,4-7,9-13H,3,8,14H2,(H,24,28). The zero-order chi connectivity index (χ0) is 20.4. The van der Waals surface area contributed by atoms with Crippen molar-refractivity contribution in [2.45, 2.75) is 19.4 Å². The van der Waals surface area contributed by atoms with Crippen LogP contribution in [-0.2, 0) is 17.8 Å². The molecule has 146 valence electrons. The number of aromatic nitrogens is 1. The van der Waals surface area contributed by atoms with Gasteiger partial charge in [0.1, 0.15) is 0 Å². The Hall–Kier alpha value is -3.38. The first kappa shape index (κ1) is 19.0. The number of rotatable bonds is 4. The normalized spacial score (nSPS) is 13.1. The van der Waals surface area contributed by atoms with Crippen molar-refractivity contribution in [1.82, 2.24) is 0 Å². The smallest absolute Gasteiger partial charge is 0.256 e. The molecule has 1 aliphatic rings. The van der Waals surface area contributed by atoms with Gasteiger partial charge >= 0.3 is 0 Å². The largest absolute Gasteiger partial charge is 0.619 e. The minimum absolute atomic E-state index is 0.0689. The molecule has 0 atom stereocenters. The van der Waals surface area contributed by atoms with Crippen molar-refractivity contribution in [1.29, 1.82) is 0 Å². The van der Waals surface area contributed by atoms with Crippen molar-refractivity contribution >= 4 is 34.8 Å². The number of aryl methyl sites for hydroxylation is 1. The first-order chi connectivity index (χ1) is 14.0. The molecule has 1 aromatic heterocycles. The molecule has 0 spiro atoms. The van der Waals surface area contributed by atoms with E-state index < -0.39 is 0 Å². The van der Waals surface area contributed by atoms with Crippen molar-refractivity contribution in [3.8, 4) is 0 Å². The van der Waals surface area contributed by atoms with Gasteiger partial charge in [-0.25, -0.2) is 0 Å². The summed E-state index contributed by atoms with van der Waals surface area (Å²) in [6.07, 6.45) is 3.60. The Bertz CT molecular complexity index is 1070. The number of hydrogen-bond acceptors (Lipinski definition) is 3. The predicted octanol–water partition coefficient (Wildman–Crippen LogP) is 3.71. The van der Waals surface area contributed by atoms with Crippen LogP contribution in [0.2, 0.25) is 5.02 Å². The fourth-order valence-electron chi connectivity index (χ4n) is 3.35. The molecule has 2 aromatic carbocycles. The second-order valence-electron chi connectivity index (χ2n) is 6.85. The van der Waals surface area contributed by atoms with E-state index in [1.165, 1.54) is 24.5 Å². The summed E-state index contributed by atoms with van der Waals surface area (Å²) in [5.41, 5.74) is 3.89. The van der Waals surface area contributed by atoms with Gasteiger partial charge in [0.05, 0.1) is 12.1 Å². The lowest BCUT2D eigenvalue weighted by Gasteiger charge is -2.30. The molecule has 0 saturated carbocycles. The summed E-state index contributed by atoms with van der Waals surface area (Å²) >= 11 is 5.94. The van der Waals surface area contributed by atoms with Crippen molar-refractivity contribution in [3.63, 3.8) is 0 Å². The molecule has 3 aromatic rings. The second-order valence-corrected chi connectivity index (χ2v) is 7.29. The van der Waals surface area contributed by atoms with E-state index in [1.807, 2.05) is 36.4 Å². The maximum atomic E-state index is 12.5. The average molecular weight is 408 g/mol. The number of carbonyl (C=O) groups is 2. The van der Waals surface area contributed by atoms with Gasteiger partial charge in [-0.2, -0.15) is 4.73 Å². The highest BCUT2D eigenvalue weighted by atomic mass is 35.5. The lowest BCUT2D eigenvalue weighted by molar-refractivity contribution is -0.605. The van der Waals surface area contributed by atoms with Gasteiger partial charge < -0.3 is 15.4 Å². The van der Waals surface area contributed by atoms with Crippen LogP contribution in [0.1, 0.15) is 27.9 Å². The molecule has 0 radical (unpaired) electrons. The number of hydrogen-bond donors (Lipinski definition) is 1. The van der Waals surface area contributed by atoms with Gasteiger partial charge in [0.25, 0.3) is 5.91 Å². The van der Waals surface area contributed by atoms with Gasteiger partial charge in [0.15, 0.2) is 12.4 Å². The number of anilines is 2. The molecule has 4 rings (SSSR count). The van der Waals surface area contributed by atoms with Crippen LogP contribution in [0.4, 0.5) is 11.4 Å². The molecule has 7 heteroatoms. The lowest BCUT2D eigenvalue weighted by atomic mass is 9.99. The van der Waals surface area contributed by atoms with Gasteiger partial charge in [0.2, 0.25) is 5.91 Å². The minimum atomic E-state index is -0.296. The number of halogens is 1. The van der Waals surface area contributed by atoms with E-state index in [9.17, 15) is 14.8 Å². The summed E-state index contributed by atoms with van der Waals surface area (Å²) < 4.78 is 0.627. The van der Waals surface area contributed by atoms with Gasteiger partial charge in [-0.3, -0.25) is 9.59 Å². The van der Waals surface area contributed by atoms with Gasteiger partial charge in [-0.05, 0) is 47.9 Å². The number of nitrogens with one attached hydrogen (secondary N) is 1. The van der Waals surface area contributed by atoms with Crippen LogP contribution in [-0.4, -0.2) is 11.8 Å². The highest BCUT2D eigenvalue weighted by molar-refractivity contribution is 6.30. The Morgan fingerprint density at radius 3 is 2.52 bits per heavy atom. The molecule has 2 amide bonds. The Morgan fingerprint density at radius 2 is 1.79 bits per heavy atom. The molecule has 0 fully saturated rings. The topological polar surface area (TPSA) is 76.4 Å². The first-order valence-electron chi connectivity index (χ1n) is 9.17. The van der Waals surface area contributed by atoms with Crippen molar-refractivity contribution in [2.75, 3.05) is 10.2 Å². The second kappa shape index (κ2) is 7.93. The summed E-state index contributed by atoms with van der Waals surface area (Å²) in [7, 11) is 0. The third-order valence-electron chi connectivity index (χ3n) is 4.86. The quantitative estimate of drug-likeness (QED) is 0.529. The number of pyridine rings is 1. The summed E-state index contributed by atoms with van der Waals surface area (Å²) in [6.45, 7) is 0.466. The van der Waals surface area contributed by atoms with Crippen LogP contribution >= 0.6 is 11.6 Å². The summed E-state index contributed by atoms with van der Waals surface area (Å²) in [5, 5.41) is 14.6.